The van der Waals surface area contributed by atoms with Gasteiger partial charge in [0.1, 0.15) is 5.82 Å². The molecule has 5 heteroatoms. The lowest BCUT2D eigenvalue weighted by Crippen LogP contribution is -2.45. The van der Waals surface area contributed by atoms with E-state index in [9.17, 15) is 14.3 Å². The number of hydrogen-bond acceptors (Lipinski definition) is 2. The number of halogens is 2. The van der Waals surface area contributed by atoms with Gasteiger partial charge in [-0.15, -0.1) is 0 Å². The number of hydrogen-bond donors (Lipinski definition) is 2. The summed E-state index contributed by atoms with van der Waals surface area (Å²) in [4.78, 5) is 12.0. The fraction of sp³-hybridized carbons (Fsp3) is 0.562. The Labute approximate surface area is 129 Å². The summed E-state index contributed by atoms with van der Waals surface area (Å²) in [7, 11) is 0. The molecule has 1 fully saturated rings. The van der Waals surface area contributed by atoms with E-state index in [4.69, 9.17) is 11.6 Å². The molecule has 0 spiro atoms. The van der Waals surface area contributed by atoms with Crippen molar-refractivity contribution in [3.63, 3.8) is 0 Å². The van der Waals surface area contributed by atoms with Crippen LogP contribution in [0.1, 0.15) is 49.4 Å². The number of nitrogens with one attached hydrogen (secondary N) is 1. The Morgan fingerprint density at radius 3 is 2.76 bits per heavy atom. The first-order valence-electron chi connectivity index (χ1n) is 7.39. The van der Waals surface area contributed by atoms with E-state index in [-0.39, 0.29) is 12.1 Å². The Hall–Kier alpha value is -1.13. The van der Waals surface area contributed by atoms with Crippen LogP contribution in [-0.4, -0.2) is 23.2 Å². The zero-order chi connectivity index (χ0) is 15.5. The largest absolute Gasteiger partial charge is 0.388 e. The second kappa shape index (κ2) is 6.75. The van der Waals surface area contributed by atoms with Crippen molar-refractivity contribution in [3.8, 4) is 0 Å². The van der Waals surface area contributed by atoms with Gasteiger partial charge in [0.15, 0.2) is 0 Å². The van der Waals surface area contributed by atoms with E-state index >= 15 is 0 Å². The maximum absolute atomic E-state index is 13.6. The first-order valence-corrected chi connectivity index (χ1v) is 7.77. The zero-order valence-corrected chi connectivity index (χ0v) is 12.9. The highest BCUT2D eigenvalue weighted by Gasteiger charge is 2.33. The van der Waals surface area contributed by atoms with Crippen molar-refractivity contribution in [2.24, 2.45) is 5.92 Å². The van der Waals surface area contributed by atoms with E-state index in [0.29, 0.717) is 23.8 Å². The van der Waals surface area contributed by atoms with Crippen LogP contribution in [0.3, 0.4) is 0 Å². The van der Waals surface area contributed by atoms with Gasteiger partial charge in [0.2, 0.25) is 0 Å². The highest BCUT2D eigenvalue weighted by molar-refractivity contribution is 6.30. The highest BCUT2D eigenvalue weighted by atomic mass is 35.5. The maximum Gasteiger partial charge on any atom is 0.254 e. The van der Waals surface area contributed by atoms with Crippen LogP contribution in [0.15, 0.2) is 18.2 Å². The summed E-state index contributed by atoms with van der Waals surface area (Å²) in [6, 6.07) is 3.86. The smallest absolute Gasteiger partial charge is 0.254 e. The van der Waals surface area contributed by atoms with E-state index in [0.717, 1.165) is 19.3 Å². The maximum atomic E-state index is 13.6. The molecule has 0 atom stereocenters. The molecule has 0 radical (unpaired) electrons. The lowest BCUT2D eigenvalue weighted by atomic mass is 9.78. The Balaban J connectivity index is 1.93. The van der Waals surface area contributed by atoms with Gasteiger partial charge in [-0.1, -0.05) is 24.9 Å². The monoisotopic (exact) mass is 313 g/mol. The first-order chi connectivity index (χ1) is 9.93. The predicted octanol–water partition coefficient (Wildman–Crippen LogP) is 3.54. The SMILES string of the molecule is CCC1CCC(O)(CNC(=O)c2cc(Cl)ccc2F)CC1. The van der Waals surface area contributed by atoms with Crippen LogP contribution in [0.2, 0.25) is 5.02 Å². The molecule has 1 aliphatic carbocycles. The lowest BCUT2D eigenvalue weighted by molar-refractivity contribution is -0.00789. The predicted molar refractivity (Wildman–Crippen MR) is 80.9 cm³/mol. The Kier molecular flexibility index (Phi) is 5.22. The van der Waals surface area contributed by atoms with Crippen molar-refractivity contribution < 1.29 is 14.3 Å². The van der Waals surface area contributed by atoms with Gasteiger partial charge in [-0.2, -0.15) is 0 Å². The van der Waals surface area contributed by atoms with E-state index in [1.165, 1.54) is 18.2 Å². The minimum Gasteiger partial charge on any atom is -0.388 e. The third-order valence-corrected chi connectivity index (χ3v) is 4.60. The summed E-state index contributed by atoms with van der Waals surface area (Å²) >= 11 is 5.77. The number of amides is 1. The quantitative estimate of drug-likeness (QED) is 0.893. The molecule has 0 aromatic heterocycles. The number of benzene rings is 1. The molecule has 0 aliphatic heterocycles. The Morgan fingerprint density at radius 2 is 2.14 bits per heavy atom. The molecule has 1 aliphatic rings. The second-order valence-corrected chi connectivity index (χ2v) is 6.32. The molecule has 1 amide bonds. The van der Waals surface area contributed by atoms with Gasteiger partial charge in [0.05, 0.1) is 11.2 Å². The average molecular weight is 314 g/mol. The van der Waals surface area contributed by atoms with Crippen molar-refractivity contribution in [1.82, 2.24) is 5.32 Å². The highest BCUT2D eigenvalue weighted by Crippen LogP contribution is 2.33. The molecule has 0 bridgehead atoms. The molecular formula is C16H21ClFNO2. The fourth-order valence-electron chi connectivity index (χ4n) is 2.81. The average Bonchev–Trinajstić information content (AvgIpc) is 2.48. The van der Waals surface area contributed by atoms with Crippen LogP contribution in [0, 0.1) is 11.7 Å². The first kappa shape index (κ1) is 16.2. The topological polar surface area (TPSA) is 49.3 Å². The molecule has 116 valence electrons. The van der Waals surface area contributed by atoms with Gasteiger partial charge in [-0.05, 0) is 49.8 Å². The molecule has 0 unspecified atom stereocenters. The minimum absolute atomic E-state index is 0.0895. The van der Waals surface area contributed by atoms with E-state index in [1.54, 1.807) is 0 Å². The molecule has 2 rings (SSSR count). The van der Waals surface area contributed by atoms with Gasteiger partial charge in [0, 0.05) is 11.6 Å². The lowest BCUT2D eigenvalue weighted by Gasteiger charge is -2.35. The molecule has 1 saturated carbocycles. The van der Waals surface area contributed by atoms with Crippen molar-refractivity contribution >= 4 is 17.5 Å². The van der Waals surface area contributed by atoms with Gasteiger partial charge in [0.25, 0.3) is 5.91 Å². The summed E-state index contributed by atoms with van der Waals surface area (Å²) in [5.41, 5.74) is -0.968. The molecular weight excluding hydrogens is 293 g/mol. The van der Waals surface area contributed by atoms with Crippen LogP contribution in [-0.2, 0) is 0 Å². The number of rotatable bonds is 4. The Bertz CT molecular complexity index is 513. The van der Waals surface area contributed by atoms with Crippen molar-refractivity contribution in [2.45, 2.75) is 44.6 Å². The zero-order valence-electron chi connectivity index (χ0n) is 12.2. The normalized spacial score (nSPS) is 25.6. The van der Waals surface area contributed by atoms with E-state index < -0.39 is 17.3 Å². The van der Waals surface area contributed by atoms with Crippen LogP contribution in [0.5, 0.6) is 0 Å². The van der Waals surface area contributed by atoms with Gasteiger partial charge in [-0.25, -0.2) is 4.39 Å². The van der Waals surface area contributed by atoms with E-state index in [1.807, 2.05) is 0 Å². The fourth-order valence-corrected chi connectivity index (χ4v) is 2.98. The minimum atomic E-state index is -0.879. The molecule has 0 saturated heterocycles. The van der Waals surface area contributed by atoms with Gasteiger partial charge < -0.3 is 10.4 Å². The van der Waals surface area contributed by atoms with Crippen molar-refractivity contribution in [1.29, 1.82) is 0 Å². The van der Waals surface area contributed by atoms with Crippen LogP contribution in [0.4, 0.5) is 4.39 Å². The summed E-state index contributed by atoms with van der Waals surface area (Å²) in [6.07, 6.45) is 4.40. The molecule has 3 nitrogen and oxygen atoms in total. The molecule has 21 heavy (non-hydrogen) atoms. The van der Waals surface area contributed by atoms with E-state index in [2.05, 4.69) is 12.2 Å². The van der Waals surface area contributed by atoms with Crippen LogP contribution < -0.4 is 5.32 Å². The summed E-state index contributed by atoms with van der Waals surface area (Å²) in [6.45, 7) is 2.30. The Morgan fingerprint density at radius 1 is 1.48 bits per heavy atom. The third kappa shape index (κ3) is 4.17. The molecule has 1 aromatic rings. The van der Waals surface area contributed by atoms with Gasteiger partial charge >= 0.3 is 0 Å². The van der Waals surface area contributed by atoms with Gasteiger partial charge in [-0.3, -0.25) is 4.79 Å². The third-order valence-electron chi connectivity index (χ3n) is 4.36. The number of carbonyl (C=O) groups excluding carboxylic acids is 1. The molecule has 2 N–H and O–H groups in total. The van der Waals surface area contributed by atoms with Crippen LogP contribution in [0.25, 0.3) is 0 Å². The molecule has 0 heterocycles. The number of carbonyl (C=O) groups is 1. The number of aliphatic hydroxyl groups is 1. The summed E-state index contributed by atoms with van der Waals surface area (Å²) in [5.74, 6) is -0.494. The summed E-state index contributed by atoms with van der Waals surface area (Å²) in [5, 5.41) is 13.4. The van der Waals surface area contributed by atoms with Crippen molar-refractivity contribution in [3.05, 3.63) is 34.6 Å². The summed E-state index contributed by atoms with van der Waals surface area (Å²) < 4.78 is 13.6. The van der Waals surface area contributed by atoms with Crippen LogP contribution >= 0.6 is 11.6 Å². The second-order valence-electron chi connectivity index (χ2n) is 5.88. The standard InChI is InChI=1S/C16H21ClFNO2/c1-2-11-5-7-16(21,8-6-11)10-19-15(20)13-9-12(17)3-4-14(13)18/h3-4,9,11,21H,2,5-8,10H2,1H3,(H,19,20). The van der Waals surface area contributed by atoms with Crippen molar-refractivity contribution in [2.75, 3.05) is 6.54 Å². The molecule has 1 aromatic carbocycles.